The van der Waals surface area contributed by atoms with E-state index in [9.17, 15) is 5.11 Å². The predicted molar refractivity (Wildman–Crippen MR) is 37.3 cm³/mol. The van der Waals surface area contributed by atoms with Crippen LogP contribution in [0.4, 0.5) is 0 Å². The Morgan fingerprint density at radius 3 is 2.56 bits per heavy atom. The van der Waals surface area contributed by atoms with E-state index in [0.717, 1.165) is 13.0 Å². The molecule has 0 aromatic rings. The lowest BCUT2D eigenvalue weighted by atomic mass is 9.91. The highest BCUT2D eigenvalue weighted by atomic mass is 16.3. The van der Waals surface area contributed by atoms with E-state index >= 15 is 0 Å². The van der Waals surface area contributed by atoms with Crippen LogP contribution in [0.25, 0.3) is 0 Å². The van der Waals surface area contributed by atoms with Crippen LogP contribution >= 0.6 is 0 Å². The van der Waals surface area contributed by atoms with E-state index in [1.807, 2.05) is 0 Å². The van der Waals surface area contributed by atoms with E-state index in [0.29, 0.717) is 12.0 Å². The van der Waals surface area contributed by atoms with Crippen LogP contribution in [0.5, 0.6) is 0 Å². The van der Waals surface area contributed by atoms with Gasteiger partial charge in [-0.1, -0.05) is 6.92 Å². The maximum Gasteiger partial charge on any atom is 0.0592 e. The van der Waals surface area contributed by atoms with E-state index in [2.05, 4.69) is 19.2 Å². The van der Waals surface area contributed by atoms with Crippen LogP contribution in [-0.4, -0.2) is 23.8 Å². The van der Waals surface area contributed by atoms with Crippen molar-refractivity contribution >= 4 is 0 Å². The first-order chi connectivity index (χ1) is 4.22. The van der Waals surface area contributed by atoms with Gasteiger partial charge in [0, 0.05) is 6.04 Å². The smallest absolute Gasteiger partial charge is 0.0592 e. The first-order valence-electron chi connectivity index (χ1n) is 3.63. The second-order valence-corrected chi connectivity index (χ2v) is 2.96. The third-order valence-corrected chi connectivity index (χ3v) is 2.30. The highest BCUT2D eigenvalue weighted by molar-refractivity contribution is 4.80. The molecule has 1 aliphatic heterocycles. The Hall–Kier alpha value is -0.0800. The maximum atomic E-state index is 9.31. The number of piperidine rings is 1. The molecule has 2 N–H and O–H groups in total. The number of aliphatic hydroxyl groups excluding tert-OH is 1. The predicted octanol–water partition coefficient (Wildman–Crippen LogP) is 0.365. The Kier molecular flexibility index (Phi) is 2.09. The van der Waals surface area contributed by atoms with Crippen molar-refractivity contribution in [3.05, 3.63) is 0 Å². The van der Waals surface area contributed by atoms with Gasteiger partial charge in [-0.25, -0.2) is 0 Å². The molecular weight excluding hydrogens is 114 g/mol. The van der Waals surface area contributed by atoms with Gasteiger partial charge in [-0.2, -0.15) is 0 Å². The van der Waals surface area contributed by atoms with Crippen molar-refractivity contribution in [3.63, 3.8) is 0 Å². The van der Waals surface area contributed by atoms with Gasteiger partial charge in [0.05, 0.1) is 6.10 Å². The molecule has 0 bridgehead atoms. The lowest BCUT2D eigenvalue weighted by Gasteiger charge is -2.31. The van der Waals surface area contributed by atoms with Gasteiger partial charge in [0.1, 0.15) is 0 Å². The second kappa shape index (κ2) is 2.67. The van der Waals surface area contributed by atoms with Crippen molar-refractivity contribution in [2.75, 3.05) is 6.54 Å². The zero-order valence-corrected chi connectivity index (χ0v) is 6.09. The van der Waals surface area contributed by atoms with Crippen LogP contribution in [0.15, 0.2) is 0 Å². The summed E-state index contributed by atoms with van der Waals surface area (Å²) in [6.45, 7) is 5.17. The molecule has 1 saturated heterocycles. The van der Waals surface area contributed by atoms with Gasteiger partial charge in [0.25, 0.3) is 0 Å². The molecule has 0 radical (unpaired) electrons. The molecule has 1 heterocycles. The first-order valence-corrected chi connectivity index (χ1v) is 3.63. The summed E-state index contributed by atoms with van der Waals surface area (Å²) < 4.78 is 0. The number of rotatable bonds is 0. The van der Waals surface area contributed by atoms with Crippen molar-refractivity contribution in [1.29, 1.82) is 0 Å². The Labute approximate surface area is 56.3 Å². The lowest BCUT2D eigenvalue weighted by molar-refractivity contribution is 0.0661. The molecule has 0 saturated carbocycles. The van der Waals surface area contributed by atoms with E-state index < -0.39 is 0 Å². The minimum atomic E-state index is -0.0822. The maximum absolute atomic E-state index is 9.31. The Bertz CT molecular complexity index is 84.9. The van der Waals surface area contributed by atoms with Crippen LogP contribution in [0.2, 0.25) is 0 Å². The van der Waals surface area contributed by atoms with Crippen molar-refractivity contribution < 1.29 is 5.11 Å². The van der Waals surface area contributed by atoms with Gasteiger partial charge in [0.2, 0.25) is 0 Å². The minimum absolute atomic E-state index is 0.0822. The van der Waals surface area contributed by atoms with Gasteiger partial charge < -0.3 is 10.4 Å². The van der Waals surface area contributed by atoms with Crippen molar-refractivity contribution in [3.8, 4) is 0 Å². The van der Waals surface area contributed by atoms with Gasteiger partial charge in [0.15, 0.2) is 0 Å². The monoisotopic (exact) mass is 129 g/mol. The molecule has 0 aromatic heterocycles. The fourth-order valence-corrected chi connectivity index (χ4v) is 1.24. The molecular formula is C7H15NO. The average Bonchev–Trinajstić information content (AvgIpc) is 1.83. The summed E-state index contributed by atoms with van der Waals surface area (Å²) in [7, 11) is 0. The van der Waals surface area contributed by atoms with E-state index in [1.165, 1.54) is 0 Å². The van der Waals surface area contributed by atoms with Crippen molar-refractivity contribution in [2.24, 2.45) is 5.92 Å². The molecule has 54 valence electrons. The van der Waals surface area contributed by atoms with Crippen LogP contribution < -0.4 is 5.32 Å². The largest absolute Gasteiger partial charge is 0.393 e. The molecule has 1 rings (SSSR count). The van der Waals surface area contributed by atoms with Crippen LogP contribution in [-0.2, 0) is 0 Å². The van der Waals surface area contributed by atoms with Gasteiger partial charge >= 0.3 is 0 Å². The molecule has 3 atom stereocenters. The van der Waals surface area contributed by atoms with E-state index in [1.54, 1.807) is 0 Å². The van der Waals surface area contributed by atoms with Crippen molar-refractivity contribution in [2.45, 2.75) is 32.4 Å². The summed E-state index contributed by atoms with van der Waals surface area (Å²) in [6, 6.07) is 0.480. The fourth-order valence-electron chi connectivity index (χ4n) is 1.24. The van der Waals surface area contributed by atoms with E-state index in [-0.39, 0.29) is 6.10 Å². The molecule has 1 unspecified atom stereocenters. The second-order valence-electron chi connectivity index (χ2n) is 2.96. The molecule has 9 heavy (non-hydrogen) atoms. The zero-order chi connectivity index (χ0) is 6.85. The normalized spacial score (nSPS) is 45.0. The summed E-state index contributed by atoms with van der Waals surface area (Å²) in [5.74, 6) is 0.416. The highest BCUT2D eigenvalue weighted by Crippen LogP contribution is 2.15. The van der Waals surface area contributed by atoms with E-state index in [4.69, 9.17) is 0 Å². The van der Waals surface area contributed by atoms with Crippen molar-refractivity contribution in [1.82, 2.24) is 5.32 Å². The van der Waals surface area contributed by atoms with Crippen LogP contribution in [0, 0.1) is 5.92 Å². The SMILES string of the molecule is CC1NCC[C@H](O)[C@@H]1C. The summed E-state index contributed by atoms with van der Waals surface area (Å²) in [4.78, 5) is 0. The fraction of sp³-hybridized carbons (Fsp3) is 1.00. The zero-order valence-electron chi connectivity index (χ0n) is 6.09. The molecule has 1 aliphatic rings. The average molecular weight is 129 g/mol. The topological polar surface area (TPSA) is 32.3 Å². The molecule has 1 fully saturated rings. The minimum Gasteiger partial charge on any atom is -0.393 e. The molecule has 2 nitrogen and oxygen atoms in total. The van der Waals surface area contributed by atoms with Gasteiger partial charge in [-0.3, -0.25) is 0 Å². The summed E-state index contributed by atoms with van der Waals surface area (Å²) in [5, 5.41) is 12.6. The van der Waals surface area contributed by atoms with Crippen LogP contribution in [0.1, 0.15) is 20.3 Å². The Morgan fingerprint density at radius 2 is 2.11 bits per heavy atom. The summed E-state index contributed by atoms with van der Waals surface area (Å²) >= 11 is 0. The molecule has 0 amide bonds. The lowest BCUT2D eigenvalue weighted by Crippen LogP contribution is -2.45. The van der Waals surface area contributed by atoms with Gasteiger partial charge in [-0.15, -0.1) is 0 Å². The highest BCUT2D eigenvalue weighted by Gasteiger charge is 2.23. The number of hydrogen-bond acceptors (Lipinski definition) is 2. The Balaban J connectivity index is 2.41. The molecule has 2 heteroatoms. The first kappa shape index (κ1) is 7.03. The molecule has 0 spiro atoms. The molecule has 0 aromatic carbocycles. The molecule has 0 aliphatic carbocycles. The summed E-state index contributed by atoms with van der Waals surface area (Å²) in [6.07, 6.45) is 0.826. The van der Waals surface area contributed by atoms with Crippen LogP contribution in [0.3, 0.4) is 0 Å². The number of aliphatic hydroxyl groups is 1. The quantitative estimate of drug-likeness (QED) is 0.495. The number of nitrogens with one attached hydrogen (secondary N) is 1. The standard InChI is InChI=1S/C7H15NO/c1-5-6(2)8-4-3-7(5)9/h5-9H,3-4H2,1-2H3/t5-,6?,7+/m1/s1. The van der Waals surface area contributed by atoms with Gasteiger partial charge in [-0.05, 0) is 25.8 Å². The summed E-state index contributed by atoms with van der Waals surface area (Å²) in [5.41, 5.74) is 0. The third kappa shape index (κ3) is 1.43. The number of hydrogen-bond donors (Lipinski definition) is 2. The Morgan fingerprint density at radius 1 is 1.44 bits per heavy atom. The third-order valence-electron chi connectivity index (χ3n) is 2.30.